The first-order valence-electron chi connectivity index (χ1n) is 6.65. The Kier molecular flexibility index (Phi) is 4.00. The second-order valence-corrected chi connectivity index (χ2v) is 5.63. The summed E-state index contributed by atoms with van der Waals surface area (Å²) < 4.78 is 1.87. The average molecular weight is 317 g/mol. The minimum Gasteiger partial charge on any atom is -0.240 e. The number of aromatic nitrogens is 2. The molecule has 21 heavy (non-hydrogen) atoms. The van der Waals surface area contributed by atoms with E-state index in [1.54, 1.807) is 0 Å². The Morgan fingerprint density at radius 2 is 1.86 bits per heavy atom. The Morgan fingerprint density at radius 3 is 2.52 bits per heavy atom. The van der Waals surface area contributed by atoms with E-state index in [1.807, 2.05) is 47.3 Å². The van der Waals surface area contributed by atoms with Gasteiger partial charge in [-0.05, 0) is 36.8 Å². The number of nitrogens with zero attached hydrogens (tertiary/aromatic N) is 2. The normalized spacial score (nSPS) is 10.8. The molecule has 0 unspecified atom stereocenters. The molecule has 0 aliphatic carbocycles. The summed E-state index contributed by atoms with van der Waals surface area (Å²) in [5.41, 5.74) is 5.13. The molecule has 3 rings (SSSR count). The van der Waals surface area contributed by atoms with Crippen molar-refractivity contribution in [3.05, 3.63) is 70.9 Å². The van der Waals surface area contributed by atoms with E-state index in [0.29, 0.717) is 10.9 Å². The second kappa shape index (κ2) is 5.92. The van der Waals surface area contributed by atoms with E-state index in [0.717, 1.165) is 22.5 Å². The lowest BCUT2D eigenvalue weighted by atomic mass is 10.1. The predicted octanol–water partition coefficient (Wildman–Crippen LogP) is 5.24. The molecule has 0 saturated heterocycles. The molecule has 3 aromatic rings. The molecule has 1 heterocycles. The highest BCUT2D eigenvalue weighted by Gasteiger charge is 2.11. The smallest absolute Gasteiger partial charge is 0.0971 e. The molecule has 0 fully saturated rings. The van der Waals surface area contributed by atoms with Crippen LogP contribution >= 0.6 is 23.2 Å². The first-order valence-corrected chi connectivity index (χ1v) is 7.56. The van der Waals surface area contributed by atoms with Crippen molar-refractivity contribution in [3.8, 4) is 16.9 Å². The molecule has 2 aromatic carbocycles. The number of hydrogen-bond donors (Lipinski definition) is 0. The predicted molar refractivity (Wildman–Crippen MR) is 88.3 cm³/mol. The van der Waals surface area contributed by atoms with Gasteiger partial charge in [0.15, 0.2) is 0 Å². The van der Waals surface area contributed by atoms with Gasteiger partial charge >= 0.3 is 0 Å². The van der Waals surface area contributed by atoms with Gasteiger partial charge in [0, 0.05) is 22.3 Å². The van der Waals surface area contributed by atoms with Crippen LogP contribution in [0.15, 0.2) is 54.7 Å². The molecule has 0 radical (unpaired) electrons. The van der Waals surface area contributed by atoms with Gasteiger partial charge in [-0.2, -0.15) is 5.10 Å². The Hall–Kier alpha value is -1.77. The van der Waals surface area contributed by atoms with Crippen LogP contribution in [0.5, 0.6) is 0 Å². The Morgan fingerprint density at radius 1 is 1.10 bits per heavy atom. The summed E-state index contributed by atoms with van der Waals surface area (Å²) in [5, 5.41) is 5.39. The number of halogens is 2. The van der Waals surface area contributed by atoms with E-state index < -0.39 is 0 Å². The minimum atomic E-state index is 0.420. The van der Waals surface area contributed by atoms with Crippen LogP contribution in [0, 0.1) is 6.92 Å². The fraction of sp³-hybridized carbons (Fsp3) is 0.118. The van der Waals surface area contributed by atoms with Gasteiger partial charge in [0.05, 0.1) is 17.3 Å². The summed E-state index contributed by atoms with van der Waals surface area (Å²) in [7, 11) is 0. The van der Waals surface area contributed by atoms with E-state index >= 15 is 0 Å². The molecule has 0 spiro atoms. The van der Waals surface area contributed by atoms with Crippen molar-refractivity contribution >= 4 is 23.2 Å². The zero-order chi connectivity index (χ0) is 14.8. The molecule has 1 aromatic heterocycles. The molecule has 0 aliphatic rings. The van der Waals surface area contributed by atoms with Gasteiger partial charge in [0.2, 0.25) is 0 Å². The van der Waals surface area contributed by atoms with Crippen LogP contribution in [0.2, 0.25) is 5.02 Å². The number of aryl methyl sites for hydroxylation is 1. The molecular weight excluding hydrogens is 303 g/mol. The molecule has 0 saturated carbocycles. The van der Waals surface area contributed by atoms with E-state index in [1.165, 1.54) is 5.56 Å². The second-order valence-electron chi connectivity index (χ2n) is 4.93. The Balaban J connectivity index is 2.08. The Bertz CT molecular complexity index is 761. The highest BCUT2D eigenvalue weighted by molar-refractivity contribution is 6.30. The van der Waals surface area contributed by atoms with Crippen molar-refractivity contribution in [2.45, 2.75) is 12.8 Å². The molecule has 0 atom stereocenters. The van der Waals surface area contributed by atoms with E-state index in [9.17, 15) is 0 Å². The average Bonchev–Trinajstić information content (AvgIpc) is 2.92. The van der Waals surface area contributed by atoms with Crippen LogP contribution in [0.1, 0.15) is 11.1 Å². The van der Waals surface area contributed by atoms with Gasteiger partial charge in [-0.15, -0.1) is 11.6 Å². The lowest BCUT2D eigenvalue weighted by Gasteiger charge is -2.02. The number of alkyl halides is 1. The van der Waals surface area contributed by atoms with Gasteiger partial charge in [-0.1, -0.05) is 35.9 Å². The standard InChI is InChI=1S/C17H14Cl2N2/c1-12-3-2-4-16(9-12)21-11-14(10-18)17(20-21)13-5-7-15(19)8-6-13/h2-9,11H,10H2,1H3. The SMILES string of the molecule is Cc1cccc(-n2cc(CCl)c(-c3ccc(Cl)cc3)n2)c1. The molecule has 0 N–H and O–H groups in total. The maximum atomic E-state index is 6.07. The minimum absolute atomic E-state index is 0.420. The molecule has 2 nitrogen and oxygen atoms in total. The van der Waals surface area contributed by atoms with Gasteiger partial charge in [0.1, 0.15) is 0 Å². The van der Waals surface area contributed by atoms with Gasteiger partial charge in [0.25, 0.3) is 0 Å². The van der Waals surface area contributed by atoms with Gasteiger partial charge in [-0.25, -0.2) is 4.68 Å². The third-order valence-electron chi connectivity index (χ3n) is 3.32. The van der Waals surface area contributed by atoms with Crippen molar-refractivity contribution in [1.29, 1.82) is 0 Å². The molecule has 4 heteroatoms. The van der Waals surface area contributed by atoms with E-state index in [4.69, 9.17) is 23.2 Å². The highest BCUT2D eigenvalue weighted by atomic mass is 35.5. The molecule has 0 amide bonds. The van der Waals surface area contributed by atoms with Crippen LogP contribution in [0.25, 0.3) is 16.9 Å². The number of hydrogen-bond acceptors (Lipinski definition) is 1. The third kappa shape index (κ3) is 2.97. The van der Waals surface area contributed by atoms with Crippen LogP contribution in [-0.4, -0.2) is 9.78 Å². The van der Waals surface area contributed by atoms with Gasteiger partial charge < -0.3 is 0 Å². The largest absolute Gasteiger partial charge is 0.240 e. The fourth-order valence-electron chi connectivity index (χ4n) is 2.26. The topological polar surface area (TPSA) is 17.8 Å². The highest BCUT2D eigenvalue weighted by Crippen LogP contribution is 2.26. The van der Waals surface area contributed by atoms with Crippen molar-refractivity contribution in [3.63, 3.8) is 0 Å². The maximum Gasteiger partial charge on any atom is 0.0971 e. The summed E-state index contributed by atoms with van der Waals surface area (Å²) in [6, 6.07) is 15.9. The number of rotatable bonds is 3. The molecule has 0 aliphatic heterocycles. The molecule has 0 bridgehead atoms. The van der Waals surface area contributed by atoms with Crippen molar-refractivity contribution < 1.29 is 0 Å². The lowest BCUT2D eigenvalue weighted by molar-refractivity contribution is 0.882. The zero-order valence-corrected chi connectivity index (χ0v) is 13.1. The Labute approximate surface area is 133 Å². The van der Waals surface area contributed by atoms with E-state index in [-0.39, 0.29) is 0 Å². The first-order chi connectivity index (χ1) is 10.2. The monoisotopic (exact) mass is 316 g/mol. The van der Waals surface area contributed by atoms with Crippen LogP contribution in [0.3, 0.4) is 0 Å². The lowest BCUT2D eigenvalue weighted by Crippen LogP contribution is -1.95. The van der Waals surface area contributed by atoms with E-state index in [2.05, 4.69) is 24.2 Å². The summed E-state index contributed by atoms with van der Waals surface area (Å²) in [6.07, 6.45) is 1.98. The van der Waals surface area contributed by atoms with Crippen LogP contribution < -0.4 is 0 Å². The molecule has 106 valence electrons. The zero-order valence-electron chi connectivity index (χ0n) is 11.6. The van der Waals surface area contributed by atoms with Crippen molar-refractivity contribution in [2.24, 2.45) is 0 Å². The van der Waals surface area contributed by atoms with Crippen molar-refractivity contribution in [1.82, 2.24) is 9.78 Å². The quantitative estimate of drug-likeness (QED) is 0.604. The van der Waals surface area contributed by atoms with Gasteiger partial charge in [-0.3, -0.25) is 0 Å². The van der Waals surface area contributed by atoms with Crippen LogP contribution in [-0.2, 0) is 5.88 Å². The number of benzene rings is 2. The fourth-order valence-corrected chi connectivity index (χ4v) is 2.58. The maximum absolute atomic E-state index is 6.07. The summed E-state index contributed by atoms with van der Waals surface area (Å²) >= 11 is 12.0. The molecular formula is C17H14Cl2N2. The third-order valence-corrected chi connectivity index (χ3v) is 3.86. The summed E-state index contributed by atoms with van der Waals surface area (Å²) in [5.74, 6) is 0.420. The van der Waals surface area contributed by atoms with Crippen molar-refractivity contribution in [2.75, 3.05) is 0 Å². The summed E-state index contributed by atoms with van der Waals surface area (Å²) in [6.45, 7) is 2.07. The summed E-state index contributed by atoms with van der Waals surface area (Å²) in [4.78, 5) is 0. The van der Waals surface area contributed by atoms with Crippen LogP contribution in [0.4, 0.5) is 0 Å². The first kappa shape index (κ1) is 14.2.